The highest BCUT2D eigenvalue weighted by Crippen LogP contribution is 2.45. The molecular formula is C32H40ClN3O6S. The highest BCUT2D eigenvalue weighted by molar-refractivity contribution is 7.90. The number of sulfonamides is 1. The molecule has 3 heterocycles. The number of aromatic nitrogens is 1. The van der Waals surface area contributed by atoms with Gasteiger partial charge in [-0.2, -0.15) is 0 Å². The highest BCUT2D eigenvalue weighted by Gasteiger charge is 2.47. The summed E-state index contributed by atoms with van der Waals surface area (Å²) in [6, 6.07) is 8.98. The number of nitrogens with one attached hydrogen (secondary N) is 1. The van der Waals surface area contributed by atoms with Crippen molar-refractivity contribution in [2.24, 2.45) is 17.8 Å². The number of benzene rings is 1. The summed E-state index contributed by atoms with van der Waals surface area (Å²) in [5, 5.41) is -0.190. The molecule has 11 heteroatoms. The number of allylic oxidation sites excluding steroid dienone is 1. The summed E-state index contributed by atoms with van der Waals surface area (Å²) in [7, 11) is -2.47. The molecule has 2 aliphatic heterocycles. The van der Waals surface area contributed by atoms with Crippen LogP contribution in [0.3, 0.4) is 0 Å². The first-order valence-corrected chi connectivity index (χ1v) is 16.9. The Kier molecular flexibility index (Phi) is 9.49. The summed E-state index contributed by atoms with van der Waals surface area (Å²) in [4.78, 5) is 32.7. The Balaban J connectivity index is 1.58. The Morgan fingerprint density at radius 2 is 1.98 bits per heavy atom. The number of halogens is 1. The van der Waals surface area contributed by atoms with Crippen molar-refractivity contribution < 1.29 is 27.5 Å². The van der Waals surface area contributed by atoms with Gasteiger partial charge in [0.2, 0.25) is 10.0 Å². The van der Waals surface area contributed by atoms with Crippen LogP contribution < -0.4 is 14.4 Å². The van der Waals surface area contributed by atoms with E-state index in [0.717, 1.165) is 49.5 Å². The zero-order chi connectivity index (χ0) is 30.8. The molecule has 1 aromatic heterocycles. The predicted octanol–water partition coefficient (Wildman–Crippen LogP) is 5.11. The van der Waals surface area contributed by atoms with Gasteiger partial charge in [0.25, 0.3) is 5.91 Å². The van der Waals surface area contributed by atoms with Crippen molar-refractivity contribution in [3.05, 3.63) is 64.3 Å². The van der Waals surface area contributed by atoms with E-state index in [1.54, 1.807) is 26.2 Å². The van der Waals surface area contributed by atoms with Gasteiger partial charge in [0, 0.05) is 31.1 Å². The lowest BCUT2D eigenvalue weighted by atomic mass is 9.64. The molecule has 1 amide bonds. The number of aryl methyl sites for hydroxylation is 1. The molecule has 1 saturated carbocycles. The van der Waals surface area contributed by atoms with Crippen LogP contribution in [0.4, 0.5) is 5.82 Å². The van der Waals surface area contributed by atoms with Crippen LogP contribution in [-0.4, -0.2) is 56.6 Å². The van der Waals surface area contributed by atoms with Crippen LogP contribution in [0.1, 0.15) is 67.6 Å². The Morgan fingerprint density at radius 1 is 1.16 bits per heavy atom. The second-order valence-corrected chi connectivity index (χ2v) is 14.5. The van der Waals surface area contributed by atoms with Gasteiger partial charge in [-0.3, -0.25) is 9.59 Å². The predicted molar refractivity (Wildman–Crippen MR) is 166 cm³/mol. The van der Waals surface area contributed by atoms with Gasteiger partial charge in [-0.25, -0.2) is 18.1 Å². The number of aldehydes is 1. The number of carbonyl (C=O) groups excluding carboxylic acids is 2. The van der Waals surface area contributed by atoms with E-state index < -0.39 is 26.8 Å². The third-order valence-electron chi connectivity index (χ3n) is 9.45. The molecular weight excluding hydrogens is 590 g/mol. The smallest absolute Gasteiger partial charge is 0.283 e. The first-order valence-electron chi connectivity index (χ1n) is 15.0. The van der Waals surface area contributed by atoms with Gasteiger partial charge in [-0.15, -0.1) is 0 Å². The van der Waals surface area contributed by atoms with Gasteiger partial charge in [-0.1, -0.05) is 30.7 Å². The second kappa shape index (κ2) is 13.0. The standard InChI is InChI=1S/C32H40ClN3O6S/c1-21-7-6-15-32(20-37,41-3)27-12-10-24(27)18-36-16-5-4-8-23-17-26(33)11-9-25(23)19-42-29-14-13-28(34-30(29)36)31(38)35-43(39,40)22(21)2/h6,9,11,13-15,17,20-22,24,27H,4-5,7-8,10,12,16,18-19H2,1-3H3,(H,35,38)/b15-6+/t21-,22+,24-,27+,32+/m0/s1. The number of hydrogen-bond donors (Lipinski definition) is 1. The van der Waals surface area contributed by atoms with E-state index in [0.29, 0.717) is 42.7 Å². The van der Waals surface area contributed by atoms with Crippen LogP contribution in [0.15, 0.2) is 42.5 Å². The van der Waals surface area contributed by atoms with Crippen molar-refractivity contribution in [3.63, 3.8) is 0 Å². The highest BCUT2D eigenvalue weighted by atomic mass is 35.5. The number of pyridine rings is 1. The second-order valence-electron chi connectivity index (χ2n) is 12.0. The van der Waals surface area contributed by atoms with E-state index in [2.05, 4.69) is 9.62 Å². The minimum atomic E-state index is -4.01. The van der Waals surface area contributed by atoms with E-state index in [1.165, 1.54) is 6.07 Å². The Hall–Kier alpha value is -2.95. The normalized spacial score (nSPS) is 30.2. The van der Waals surface area contributed by atoms with Gasteiger partial charge in [0.05, 0.1) is 5.25 Å². The van der Waals surface area contributed by atoms with Gasteiger partial charge in [0.1, 0.15) is 17.9 Å². The molecule has 2 aromatic rings. The average molecular weight is 630 g/mol. The third-order valence-corrected chi connectivity index (χ3v) is 11.6. The van der Waals surface area contributed by atoms with Crippen LogP contribution >= 0.6 is 11.6 Å². The number of hydrogen-bond acceptors (Lipinski definition) is 8. The van der Waals surface area contributed by atoms with Gasteiger partial charge in [-0.05, 0) is 98.8 Å². The van der Waals surface area contributed by atoms with Crippen molar-refractivity contribution in [1.29, 1.82) is 0 Å². The van der Waals surface area contributed by atoms with Crippen molar-refractivity contribution in [1.82, 2.24) is 9.71 Å². The molecule has 1 fully saturated rings. The molecule has 5 rings (SSSR count). The van der Waals surface area contributed by atoms with Crippen LogP contribution in [0.25, 0.3) is 0 Å². The maximum Gasteiger partial charge on any atom is 0.283 e. The Morgan fingerprint density at radius 3 is 2.70 bits per heavy atom. The van der Waals surface area contributed by atoms with Crippen molar-refractivity contribution in [2.75, 3.05) is 25.1 Å². The largest absolute Gasteiger partial charge is 0.485 e. The molecule has 43 heavy (non-hydrogen) atoms. The fourth-order valence-electron chi connectivity index (χ4n) is 6.35. The zero-order valence-electron chi connectivity index (χ0n) is 24.9. The lowest BCUT2D eigenvalue weighted by molar-refractivity contribution is -0.135. The molecule has 0 unspecified atom stereocenters. The summed E-state index contributed by atoms with van der Waals surface area (Å²) in [5.74, 6) is -0.0565. The van der Waals surface area contributed by atoms with Crippen LogP contribution in [0.2, 0.25) is 5.02 Å². The van der Waals surface area contributed by atoms with E-state index in [4.69, 9.17) is 26.1 Å². The lowest BCUT2D eigenvalue weighted by Crippen LogP contribution is -2.52. The summed E-state index contributed by atoms with van der Waals surface area (Å²) in [5.41, 5.74) is 1.04. The number of ether oxygens (including phenoxy) is 2. The minimum Gasteiger partial charge on any atom is -0.485 e. The number of rotatable bonds is 2. The zero-order valence-corrected chi connectivity index (χ0v) is 26.5. The summed E-state index contributed by atoms with van der Waals surface area (Å²) in [6.07, 6.45) is 9.23. The quantitative estimate of drug-likeness (QED) is 0.360. The number of nitrogens with zero attached hydrogens (tertiary/aromatic N) is 2. The number of methoxy groups -OCH3 is 1. The van der Waals surface area contributed by atoms with Crippen LogP contribution in [0, 0.1) is 17.8 Å². The number of fused-ring (bicyclic) bond motifs is 3. The molecule has 2 bridgehead atoms. The first kappa shape index (κ1) is 31.5. The molecule has 9 nitrogen and oxygen atoms in total. The van der Waals surface area contributed by atoms with Gasteiger partial charge < -0.3 is 14.4 Å². The van der Waals surface area contributed by atoms with Crippen LogP contribution in [0.5, 0.6) is 5.75 Å². The maximum atomic E-state index is 13.3. The van der Waals surface area contributed by atoms with Gasteiger partial charge in [0.15, 0.2) is 17.9 Å². The Bertz CT molecular complexity index is 1500. The molecule has 1 N–H and O–H groups in total. The monoisotopic (exact) mass is 629 g/mol. The Labute approximate surface area is 259 Å². The van der Waals surface area contributed by atoms with E-state index >= 15 is 0 Å². The SMILES string of the molecule is CO[C@@]1(C=O)/C=C/C[C@H](C)[C@@H](C)S(=O)(=O)NC(=O)c2ccc3c(n2)N(CCCCc2cc(Cl)ccc2CO3)C[C@@H]2CC[C@H]21. The fraction of sp³-hybridized carbons (Fsp3) is 0.531. The number of anilines is 1. The molecule has 1 aromatic carbocycles. The first-order chi connectivity index (χ1) is 20.6. The molecule has 5 atom stereocenters. The minimum absolute atomic E-state index is 0.00545. The van der Waals surface area contributed by atoms with E-state index in [1.807, 2.05) is 31.2 Å². The van der Waals surface area contributed by atoms with Gasteiger partial charge >= 0.3 is 0 Å². The number of amides is 1. The topological polar surface area (TPSA) is 115 Å². The van der Waals surface area contributed by atoms with E-state index in [-0.39, 0.29) is 23.4 Å². The average Bonchev–Trinajstić information content (AvgIpc) is 3.00. The summed E-state index contributed by atoms with van der Waals surface area (Å²) >= 11 is 6.30. The molecule has 0 radical (unpaired) electrons. The molecule has 232 valence electrons. The summed E-state index contributed by atoms with van der Waals surface area (Å²) in [6.45, 7) is 4.89. The number of carbonyl (C=O) groups is 2. The summed E-state index contributed by atoms with van der Waals surface area (Å²) < 4.78 is 40.9. The molecule has 0 saturated heterocycles. The third kappa shape index (κ3) is 6.61. The maximum absolute atomic E-state index is 13.3. The van der Waals surface area contributed by atoms with Crippen molar-refractivity contribution >= 4 is 39.6 Å². The van der Waals surface area contributed by atoms with E-state index in [9.17, 15) is 18.0 Å². The van der Waals surface area contributed by atoms with Crippen molar-refractivity contribution in [2.45, 2.75) is 69.8 Å². The molecule has 1 aliphatic carbocycles. The van der Waals surface area contributed by atoms with Crippen LogP contribution in [-0.2, 0) is 32.6 Å². The molecule has 0 spiro atoms. The lowest BCUT2D eigenvalue weighted by Gasteiger charge is -2.47. The fourth-order valence-corrected chi connectivity index (χ4v) is 7.81. The molecule has 3 aliphatic rings. The van der Waals surface area contributed by atoms with Crippen molar-refractivity contribution in [3.8, 4) is 5.75 Å².